The van der Waals surface area contributed by atoms with E-state index < -0.39 is 0 Å². The number of hydrogen-bond donors (Lipinski definition) is 0. The average Bonchev–Trinajstić information content (AvgIpc) is 3.33. The molecule has 3 saturated heterocycles. The van der Waals surface area contributed by atoms with Gasteiger partial charge in [-0.3, -0.25) is 9.69 Å². The van der Waals surface area contributed by atoms with E-state index in [1.807, 2.05) is 12.1 Å². The first-order valence-electron chi connectivity index (χ1n) is 9.52. The number of amides is 1. The van der Waals surface area contributed by atoms with Crippen LogP contribution in [0.2, 0.25) is 0 Å². The predicted molar refractivity (Wildman–Crippen MR) is 95.5 cm³/mol. The number of piperidine rings is 1. The number of rotatable bonds is 4. The van der Waals surface area contributed by atoms with Gasteiger partial charge in [-0.05, 0) is 43.4 Å². The molecule has 0 aromatic heterocycles. The van der Waals surface area contributed by atoms with Crippen molar-refractivity contribution in [2.75, 3.05) is 33.4 Å². The Morgan fingerprint density at radius 2 is 2.00 bits per heavy atom. The van der Waals surface area contributed by atoms with E-state index in [1.165, 1.54) is 5.56 Å². The number of methoxy groups -OCH3 is 1. The Morgan fingerprint density at radius 3 is 2.72 bits per heavy atom. The summed E-state index contributed by atoms with van der Waals surface area (Å²) in [6.45, 7) is 4.41. The van der Waals surface area contributed by atoms with Gasteiger partial charge in [0.1, 0.15) is 5.75 Å². The van der Waals surface area contributed by atoms with Crippen LogP contribution in [0.5, 0.6) is 5.75 Å². The lowest BCUT2D eigenvalue weighted by molar-refractivity contribution is -0.139. The van der Waals surface area contributed by atoms with Gasteiger partial charge in [-0.1, -0.05) is 12.1 Å². The van der Waals surface area contributed by atoms with Crippen molar-refractivity contribution in [2.24, 2.45) is 5.92 Å². The van der Waals surface area contributed by atoms with Crippen molar-refractivity contribution in [2.45, 2.75) is 44.4 Å². The maximum atomic E-state index is 12.9. The van der Waals surface area contributed by atoms with Gasteiger partial charge in [0.25, 0.3) is 0 Å². The minimum absolute atomic E-state index is 0.0794. The van der Waals surface area contributed by atoms with E-state index in [-0.39, 0.29) is 12.0 Å². The standard InChI is InChI=1S/C20H28N2O3/c1-24-17-6-4-15(5-7-17)13-22-14-16(12-19-18(22)8-11-25-19)20(23)21-9-2-3-10-21/h4-7,16,18-19H,2-3,8-14H2,1H3/t16-,18+,19+/m0/s1. The van der Waals surface area contributed by atoms with Crippen molar-refractivity contribution in [3.05, 3.63) is 29.8 Å². The van der Waals surface area contributed by atoms with Crippen LogP contribution in [-0.4, -0.2) is 61.2 Å². The van der Waals surface area contributed by atoms with Crippen LogP contribution in [0.15, 0.2) is 24.3 Å². The van der Waals surface area contributed by atoms with E-state index in [9.17, 15) is 4.79 Å². The maximum Gasteiger partial charge on any atom is 0.227 e. The van der Waals surface area contributed by atoms with Gasteiger partial charge >= 0.3 is 0 Å². The summed E-state index contributed by atoms with van der Waals surface area (Å²) in [5.41, 5.74) is 1.26. The molecule has 3 aliphatic rings. The topological polar surface area (TPSA) is 42.0 Å². The molecule has 1 aromatic carbocycles. The summed E-state index contributed by atoms with van der Waals surface area (Å²) in [7, 11) is 1.69. The number of nitrogens with zero attached hydrogens (tertiary/aromatic N) is 2. The van der Waals surface area contributed by atoms with E-state index in [4.69, 9.17) is 9.47 Å². The van der Waals surface area contributed by atoms with Crippen LogP contribution in [0, 0.1) is 5.92 Å². The highest BCUT2D eigenvalue weighted by Gasteiger charge is 2.43. The van der Waals surface area contributed by atoms with E-state index >= 15 is 0 Å². The second-order valence-electron chi connectivity index (χ2n) is 7.51. The highest BCUT2D eigenvalue weighted by Crippen LogP contribution is 2.33. The Bertz CT molecular complexity index is 597. The van der Waals surface area contributed by atoms with Crippen molar-refractivity contribution < 1.29 is 14.3 Å². The molecule has 0 radical (unpaired) electrons. The molecule has 25 heavy (non-hydrogen) atoms. The average molecular weight is 344 g/mol. The second kappa shape index (κ2) is 7.34. The minimum atomic E-state index is 0.0794. The number of ether oxygens (including phenoxy) is 2. The number of fused-ring (bicyclic) bond motifs is 1. The summed E-state index contributed by atoms with van der Waals surface area (Å²) in [6.07, 6.45) is 4.47. The molecule has 136 valence electrons. The summed E-state index contributed by atoms with van der Waals surface area (Å²) >= 11 is 0. The maximum absolute atomic E-state index is 12.9. The summed E-state index contributed by atoms with van der Waals surface area (Å²) in [4.78, 5) is 17.4. The number of carbonyl (C=O) groups excluding carboxylic acids is 1. The van der Waals surface area contributed by atoms with Crippen molar-refractivity contribution in [3.8, 4) is 5.75 Å². The van der Waals surface area contributed by atoms with Crippen LogP contribution in [0.25, 0.3) is 0 Å². The zero-order valence-corrected chi connectivity index (χ0v) is 15.0. The van der Waals surface area contributed by atoms with Crippen LogP contribution >= 0.6 is 0 Å². The van der Waals surface area contributed by atoms with Gasteiger partial charge in [-0.25, -0.2) is 0 Å². The largest absolute Gasteiger partial charge is 0.497 e. The molecule has 0 spiro atoms. The van der Waals surface area contributed by atoms with Crippen LogP contribution in [-0.2, 0) is 16.1 Å². The van der Waals surface area contributed by atoms with E-state index in [0.717, 1.165) is 64.2 Å². The van der Waals surface area contributed by atoms with Crippen molar-refractivity contribution in [1.29, 1.82) is 0 Å². The first-order valence-corrected chi connectivity index (χ1v) is 9.52. The first-order chi connectivity index (χ1) is 12.2. The molecular weight excluding hydrogens is 316 g/mol. The Kier molecular flexibility index (Phi) is 4.95. The molecule has 5 nitrogen and oxygen atoms in total. The molecule has 0 saturated carbocycles. The molecule has 0 N–H and O–H groups in total. The molecule has 3 heterocycles. The molecule has 0 bridgehead atoms. The van der Waals surface area contributed by atoms with Crippen LogP contribution in [0.4, 0.5) is 0 Å². The second-order valence-corrected chi connectivity index (χ2v) is 7.51. The number of carbonyl (C=O) groups is 1. The third-order valence-electron chi connectivity index (χ3n) is 5.93. The zero-order chi connectivity index (χ0) is 17.2. The van der Waals surface area contributed by atoms with E-state index in [1.54, 1.807) is 7.11 Å². The predicted octanol–water partition coefficient (Wildman–Crippen LogP) is 2.30. The van der Waals surface area contributed by atoms with Crippen LogP contribution < -0.4 is 4.74 Å². The molecule has 1 amide bonds. The van der Waals surface area contributed by atoms with Gasteiger partial charge in [0.2, 0.25) is 5.91 Å². The van der Waals surface area contributed by atoms with Gasteiger partial charge in [0, 0.05) is 38.8 Å². The zero-order valence-electron chi connectivity index (χ0n) is 15.0. The molecule has 5 heteroatoms. The lowest BCUT2D eigenvalue weighted by Crippen LogP contribution is -2.52. The number of hydrogen-bond acceptors (Lipinski definition) is 4. The summed E-state index contributed by atoms with van der Waals surface area (Å²) in [5, 5.41) is 0. The smallest absolute Gasteiger partial charge is 0.227 e. The molecule has 3 aliphatic heterocycles. The van der Waals surface area contributed by atoms with Crippen molar-refractivity contribution >= 4 is 5.91 Å². The fourth-order valence-corrected chi connectivity index (χ4v) is 4.58. The Morgan fingerprint density at radius 1 is 1.24 bits per heavy atom. The SMILES string of the molecule is COc1ccc(CN2C[C@@H](C(=O)N3CCCC3)C[C@H]3OCC[C@H]32)cc1. The van der Waals surface area contributed by atoms with Crippen LogP contribution in [0.3, 0.4) is 0 Å². The third-order valence-corrected chi connectivity index (χ3v) is 5.93. The van der Waals surface area contributed by atoms with Gasteiger partial charge in [-0.2, -0.15) is 0 Å². The third kappa shape index (κ3) is 3.53. The number of likely N-dealkylation sites (tertiary alicyclic amines) is 2. The molecule has 1 aromatic rings. The normalized spacial score (nSPS) is 29.6. The van der Waals surface area contributed by atoms with Gasteiger partial charge in [-0.15, -0.1) is 0 Å². The van der Waals surface area contributed by atoms with Gasteiger partial charge in [0.15, 0.2) is 0 Å². The van der Waals surface area contributed by atoms with Gasteiger partial charge in [0.05, 0.1) is 19.1 Å². The Labute approximate surface area is 149 Å². The molecule has 0 unspecified atom stereocenters. The summed E-state index contributed by atoms with van der Waals surface area (Å²) in [6, 6.07) is 8.71. The minimum Gasteiger partial charge on any atom is -0.497 e. The Balaban J connectivity index is 1.47. The lowest BCUT2D eigenvalue weighted by atomic mass is 9.88. The van der Waals surface area contributed by atoms with E-state index in [2.05, 4.69) is 21.9 Å². The summed E-state index contributed by atoms with van der Waals surface area (Å²) in [5.74, 6) is 1.30. The van der Waals surface area contributed by atoms with E-state index in [0.29, 0.717) is 11.9 Å². The van der Waals surface area contributed by atoms with Crippen molar-refractivity contribution in [1.82, 2.24) is 9.80 Å². The fourth-order valence-electron chi connectivity index (χ4n) is 4.58. The van der Waals surface area contributed by atoms with Crippen LogP contribution in [0.1, 0.15) is 31.2 Å². The molecule has 0 aliphatic carbocycles. The number of benzene rings is 1. The highest BCUT2D eigenvalue weighted by atomic mass is 16.5. The van der Waals surface area contributed by atoms with Gasteiger partial charge < -0.3 is 14.4 Å². The molecule has 3 fully saturated rings. The Hall–Kier alpha value is -1.59. The molecule has 4 rings (SSSR count). The fraction of sp³-hybridized carbons (Fsp3) is 0.650. The summed E-state index contributed by atoms with van der Waals surface area (Å²) < 4.78 is 11.2. The first kappa shape index (κ1) is 16.9. The lowest BCUT2D eigenvalue weighted by Gasteiger charge is -2.41. The highest BCUT2D eigenvalue weighted by molar-refractivity contribution is 5.79. The monoisotopic (exact) mass is 344 g/mol. The quantitative estimate of drug-likeness (QED) is 0.840. The van der Waals surface area contributed by atoms with Crippen molar-refractivity contribution in [3.63, 3.8) is 0 Å². The molecular formula is C20H28N2O3. The molecule has 3 atom stereocenters.